The molecule has 2 fully saturated rings. The summed E-state index contributed by atoms with van der Waals surface area (Å²) in [5.41, 5.74) is 9.86. The van der Waals surface area contributed by atoms with Crippen molar-refractivity contribution in [2.75, 3.05) is 6.61 Å². The van der Waals surface area contributed by atoms with E-state index in [9.17, 15) is 4.79 Å². The fourth-order valence-corrected chi connectivity index (χ4v) is 5.97. The van der Waals surface area contributed by atoms with Crippen molar-refractivity contribution >= 4 is 27.6 Å². The Hall–Kier alpha value is -2.15. The second kappa shape index (κ2) is 8.65. The molecular weight excluding hydrogens is 466 g/mol. The molecule has 5 nitrogen and oxygen atoms in total. The van der Waals surface area contributed by atoms with Crippen LogP contribution in [0, 0.1) is 25.7 Å². The quantitative estimate of drug-likeness (QED) is 0.582. The van der Waals surface area contributed by atoms with E-state index in [0.29, 0.717) is 12.5 Å². The molecule has 168 valence electrons. The molecule has 5 atom stereocenters. The Bertz CT molecular complexity index is 1050. The number of carbonyl (C=O) groups excluding carboxylic acids is 1. The number of esters is 1. The van der Waals surface area contributed by atoms with Crippen molar-refractivity contribution in [3.8, 4) is 0 Å². The first-order valence-corrected chi connectivity index (χ1v) is 12.3. The summed E-state index contributed by atoms with van der Waals surface area (Å²) in [5.74, 6) is 0.295. The molecule has 5 unspecified atom stereocenters. The predicted octanol–water partition coefficient (Wildman–Crippen LogP) is 4.82. The number of nitrogens with zero attached hydrogens (tertiary/aromatic N) is 1. The molecule has 1 saturated heterocycles. The van der Waals surface area contributed by atoms with Crippen molar-refractivity contribution in [1.29, 1.82) is 0 Å². The minimum absolute atomic E-state index is 0.0121. The van der Waals surface area contributed by atoms with Crippen molar-refractivity contribution in [1.82, 2.24) is 15.8 Å². The first-order valence-electron chi connectivity index (χ1n) is 11.5. The highest BCUT2D eigenvalue weighted by atomic mass is 79.9. The van der Waals surface area contributed by atoms with E-state index in [-0.39, 0.29) is 30.1 Å². The van der Waals surface area contributed by atoms with Gasteiger partial charge in [-0.15, -0.1) is 0 Å². The molecular formula is C26H30BrN3O2. The second-order valence-corrected chi connectivity index (χ2v) is 10.0. The van der Waals surface area contributed by atoms with Gasteiger partial charge in [-0.05, 0) is 56.2 Å². The number of halogens is 1. The maximum Gasteiger partial charge on any atom is 0.309 e. The Kier molecular flexibility index (Phi) is 5.86. The number of ether oxygens (including phenoxy) is 1. The van der Waals surface area contributed by atoms with Crippen molar-refractivity contribution in [3.05, 3.63) is 75.3 Å². The average Bonchev–Trinajstić information content (AvgIpc) is 3.52. The molecule has 1 aliphatic carbocycles. The zero-order valence-corrected chi connectivity index (χ0v) is 20.4. The molecule has 2 aromatic rings. The van der Waals surface area contributed by atoms with Gasteiger partial charge in [0.2, 0.25) is 0 Å². The molecule has 0 aromatic heterocycles. The number of nitrogens with one attached hydrogen (secondary N) is 2. The lowest BCUT2D eigenvalue weighted by atomic mass is 9.89. The third kappa shape index (κ3) is 3.89. The summed E-state index contributed by atoms with van der Waals surface area (Å²) in [6.07, 6.45) is 1.86. The van der Waals surface area contributed by atoms with Gasteiger partial charge in [0.15, 0.2) is 0 Å². The highest BCUT2D eigenvalue weighted by Crippen LogP contribution is 2.49. The molecule has 32 heavy (non-hydrogen) atoms. The van der Waals surface area contributed by atoms with Crippen LogP contribution in [-0.2, 0) is 9.53 Å². The molecule has 0 amide bonds. The lowest BCUT2D eigenvalue weighted by Gasteiger charge is -2.43. The smallest absolute Gasteiger partial charge is 0.309 e. The number of aryl methyl sites for hydroxylation is 2. The summed E-state index contributed by atoms with van der Waals surface area (Å²) < 4.78 is 6.41. The Balaban J connectivity index is 1.47. The van der Waals surface area contributed by atoms with E-state index >= 15 is 0 Å². The van der Waals surface area contributed by atoms with Crippen LogP contribution in [0.15, 0.2) is 53.0 Å². The molecule has 0 spiro atoms. The maximum absolute atomic E-state index is 12.3. The van der Waals surface area contributed by atoms with E-state index in [0.717, 1.165) is 28.6 Å². The first kappa shape index (κ1) is 21.7. The summed E-state index contributed by atoms with van der Waals surface area (Å²) in [5, 5.41) is 6.17. The highest BCUT2D eigenvalue weighted by molar-refractivity contribution is 9.11. The largest absolute Gasteiger partial charge is 0.466 e. The first-order chi connectivity index (χ1) is 15.5. The molecule has 2 N–H and O–H groups in total. The fourth-order valence-electron chi connectivity index (χ4n) is 5.30. The zero-order valence-electron chi connectivity index (χ0n) is 18.8. The number of benzene rings is 2. The van der Waals surface area contributed by atoms with E-state index < -0.39 is 0 Å². The normalized spacial score (nSPS) is 29.4. The van der Waals surface area contributed by atoms with Crippen molar-refractivity contribution in [2.45, 2.75) is 51.9 Å². The Morgan fingerprint density at radius 1 is 1.16 bits per heavy atom. The summed E-state index contributed by atoms with van der Waals surface area (Å²) >= 11 is 3.90. The SMILES string of the molecule is CCOC(=O)C1CC1C1CC(c2ccc(C)cc2C)N2NC(c3ccccc3)=C(Br)C2N1. The van der Waals surface area contributed by atoms with E-state index in [1.807, 2.05) is 13.0 Å². The lowest BCUT2D eigenvalue weighted by Crippen LogP contribution is -2.58. The molecule has 3 aliphatic rings. The molecule has 1 saturated carbocycles. The van der Waals surface area contributed by atoms with Gasteiger partial charge >= 0.3 is 5.97 Å². The summed E-state index contributed by atoms with van der Waals surface area (Å²) in [7, 11) is 0. The van der Waals surface area contributed by atoms with Crippen molar-refractivity contribution in [2.24, 2.45) is 11.8 Å². The monoisotopic (exact) mass is 495 g/mol. The second-order valence-electron chi connectivity index (χ2n) is 9.15. The number of carbonyl (C=O) groups is 1. The number of hydrogen-bond donors (Lipinski definition) is 2. The minimum Gasteiger partial charge on any atom is -0.466 e. The number of rotatable bonds is 5. The van der Waals surface area contributed by atoms with Crippen LogP contribution in [0.1, 0.15) is 48.1 Å². The third-order valence-corrected chi connectivity index (χ3v) is 7.81. The number of fused-ring (bicyclic) bond motifs is 1. The van der Waals surface area contributed by atoms with Crippen LogP contribution in [0.2, 0.25) is 0 Å². The van der Waals surface area contributed by atoms with Gasteiger partial charge in [-0.3, -0.25) is 10.1 Å². The van der Waals surface area contributed by atoms with Crippen LogP contribution in [0.3, 0.4) is 0 Å². The Morgan fingerprint density at radius 3 is 2.66 bits per heavy atom. The van der Waals surface area contributed by atoms with Gasteiger partial charge in [0.05, 0.1) is 28.7 Å². The fraction of sp³-hybridized carbons (Fsp3) is 0.423. The van der Waals surface area contributed by atoms with Gasteiger partial charge in [0, 0.05) is 6.04 Å². The van der Waals surface area contributed by atoms with Gasteiger partial charge in [0.25, 0.3) is 0 Å². The van der Waals surface area contributed by atoms with Crippen molar-refractivity contribution in [3.63, 3.8) is 0 Å². The molecule has 6 heteroatoms. The minimum atomic E-state index is -0.0473. The van der Waals surface area contributed by atoms with Gasteiger partial charge in [0.1, 0.15) is 6.17 Å². The van der Waals surface area contributed by atoms with E-state index in [1.54, 1.807) is 0 Å². The zero-order chi connectivity index (χ0) is 22.4. The summed E-state index contributed by atoms with van der Waals surface area (Å²) in [6, 6.07) is 17.6. The summed E-state index contributed by atoms with van der Waals surface area (Å²) in [4.78, 5) is 12.3. The highest BCUT2D eigenvalue weighted by Gasteiger charge is 2.53. The molecule has 2 heterocycles. The van der Waals surface area contributed by atoms with Gasteiger partial charge in [-0.1, -0.05) is 70.0 Å². The van der Waals surface area contributed by atoms with E-state index in [2.05, 4.69) is 88.0 Å². The molecule has 2 aromatic carbocycles. The van der Waals surface area contributed by atoms with Gasteiger partial charge in [-0.2, -0.15) is 5.01 Å². The molecule has 5 rings (SSSR count). The van der Waals surface area contributed by atoms with Crippen LogP contribution in [-0.4, -0.2) is 29.8 Å². The van der Waals surface area contributed by atoms with Crippen LogP contribution in [0.25, 0.3) is 5.70 Å². The summed E-state index contributed by atoms with van der Waals surface area (Å²) in [6.45, 7) is 6.65. The van der Waals surface area contributed by atoms with Crippen LogP contribution in [0.5, 0.6) is 0 Å². The third-order valence-electron chi connectivity index (χ3n) is 6.98. The molecule has 2 aliphatic heterocycles. The maximum atomic E-state index is 12.3. The topological polar surface area (TPSA) is 53.6 Å². The number of hydrogen-bond acceptors (Lipinski definition) is 5. The lowest BCUT2D eigenvalue weighted by molar-refractivity contribution is -0.145. The standard InChI is InChI=1S/C26H30BrN3O2/c1-4-32-26(31)20-13-19(20)21-14-22(18-11-10-15(2)12-16(18)3)30-25(28-21)23(27)24(29-30)17-8-6-5-7-9-17/h5-12,19-22,25,28-29H,4,13-14H2,1-3H3. The van der Waals surface area contributed by atoms with E-state index in [1.165, 1.54) is 16.7 Å². The van der Waals surface area contributed by atoms with Crippen molar-refractivity contribution < 1.29 is 9.53 Å². The van der Waals surface area contributed by atoms with Gasteiger partial charge < -0.3 is 10.2 Å². The predicted molar refractivity (Wildman–Crippen MR) is 129 cm³/mol. The van der Waals surface area contributed by atoms with Gasteiger partial charge in [-0.25, -0.2) is 0 Å². The number of hydrazine groups is 1. The Morgan fingerprint density at radius 2 is 1.94 bits per heavy atom. The van der Waals surface area contributed by atoms with E-state index in [4.69, 9.17) is 4.74 Å². The van der Waals surface area contributed by atoms with Crippen LogP contribution < -0.4 is 10.7 Å². The Labute approximate surface area is 198 Å². The van der Waals surface area contributed by atoms with Crippen LogP contribution >= 0.6 is 15.9 Å². The van der Waals surface area contributed by atoms with Crippen LogP contribution in [0.4, 0.5) is 0 Å². The molecule has 0 radical (unpaired) electrons. The molecule has 0 bridgehead atoms. The average molecular weight is 496 g/mol.